The van der Waals surface area contributed by atoms with Crippen LogP contribution in [-0.2, 0) is 9.84 Å². The molecule has 0 amide bonds. The van der Waals surface area contributed by atoms with Gasteiger partial charge in [-0.1, -0.05) is 6.92 Å². The van der Waals surface area contributed by atoms with E-state index in [1.54, 1.807) is 14.0 Å². The summed E-state index contributed by atoms with van der Waals surface area (Å²) in [7, 11) is -1.18. The number of nitrogens with one attached hydrogen (secondary N) is 1. The van der Waals surface area contributed by atoms with Gasteiger partial charge in [0.2, 0.25) is 0 Å². The molecule has 1 saturated heterocycles. The molecule has 0 bridgehead atoms. The molecule has 1 N–H and O–H groups in total. The first-order valence-corrected chi connectivity index (χ1v) is 9.40. The van der Waals surface area contributed by atoms with E-state index in [9.17, 15) is 8.42 Å². The van der Waals surface area contributed by atoms with Gasteiger partial charge in [-0.2, -0.15) is 11.8 Å². The summed E-state index contributed by atoms with van der Waals surface area (Å²) in [5.74, 6) is 2.23. The molecule has 1 fully saturated rings. The fraction of sp³-hybridized carbons (Fsp3) is 0.917. The molecule has 120 valence electrons. The van der Waals surface area contributed by atoms with E-state index in [4.69, 9.17) is 0 Å². The van der Waals surface area contributed by atoms with E-state index in [0.29, 0.717) is 6.54 Å². The Kier molecular flexibility index (Phi) is 8.80. The number of hydrogen-bond donors (Lipinski definition) is 1. The molecular formula is C12H26IN3O2S2. The van der Waals surface area contributed by atoms with Crippen molar-refractivity contribution in [3.63, 3.8) is 0 Å². The van der Waals surface area contributed by atoms with Gasteiger partial charge in [-0.05, 0) is 13.8 Å². The summed E-state index contributed by atoms with van der Waals surface area (Å²) in [5, 5.41) is 3.15. The number of halogens is 1. The Bertz CT molecular complexity index is 424. The Morgan fingerprint density at radius 3 is 2.60 bits per heavy atom. The molecule has 5 nitrogen and oxygen atoms in total. The number of aliphatic imine (C=N–C) groups is 1. The fourth-order valence-electron chi connectivity index (χ4n) is 1.99. The van der Waals surface area contributed by atoms with Crippen LogP contribution in [0, 0.1) is 0 Å². The lowest BCUT2D eigenvalue weighted by Crippen LogP contribution is -2.51. The summed E-state index contributed by atoms with van der Waals surface area (Å²) < 4.78 is 23.1. The number of rotatable bonds is 4. The molecule has 0 atom stereocenters. The van der Waals surface area contributed by atoms with Gasteiger partial charge in [0.1, 0.15) is 0 Å². The minimum Gasteiger partial charge on any atom is -0.355 e. The molecule has 1 rings (SSSR count). The van der Waals surface area contributed by atoms with E-state index in [0.717, 1.165) is 24.8 Å². The predicted molar refractivity (Wildman–Crippen MR) is 99.2 cm³/mol. The third-order valence-corrected chi connectivity index (χ3v) is 6.08. The molecule has 0 aliphatic carbocycles. The second kappa shape index (κ2) is 8.67. The standard InChI is InChI=1S/C12H25N3O2S2.HI/c1-5-19(16,17)9-6-14-11(13-4)15-7-8-18-12(2,3)10-15;/h5-10H2,1-4H3,(H,13,14);1H. The summed E-state index contributed by atoms with van der Waals surface area (Å²) in [6, 6.07) is 0. The van der Waals surface area contributed by atoms with Gasteiger partial charge in [-0.15, -0.1) is 24.0 Å². The smallest absolute Gasteiger partial charge is 0.193 e. The van der Waals surface area contributed by atoms with Crippen LogP contribution >= 0.6 is 35.7 Å². The fourth-order valence-corrected chi connectivity index (χ4v) is 3.81. The first kappa shape index (κ1) is 20.3. The average molecular weight is 435 g/mol. The number of thioether (sulfide) groups is 1. The van der Waals surface area contributed by atoms with Crippen LogP contribution in [0.5, 0.6) is 0 Å². The summed E-state index contributed by atoms with van der Waals surface area (Å²) >= 11 is 1.96. The minimum atomic E-state index is -2.92. The van der Waals surface area contributed by atoms with E-state index in [-0.39, 0.29) is 40.2 Å². The highest BCUT2D eigenvalue weighted by Crippen LogP contribution is 2.29. The Hall–Kier alpha value is 0.300. The quantitative estimate of drug-likeness (QED) is 0.412. The highest BCUT2D eigenvalue weighted by atomic mass is 127. The third kappa shape index (κ3) is 6.84. The van der Waals surface area contributed by atoms with E-state index in [1.807, 2.05) is 11.8 Å². The summed E-state index contributed by atoms with van der Waals surface area (Å²) in [4.78, 5) is 6.45. The number of hydrogen-bond acceptors (Lipinski definition) is 4. The van der Waals surface area contributed by atoms with Gasteiger partial charge in [0, 0.05) is 42.9 Å². The number of nitrogens with zero attached hydrogens (tertiary/aromatic N) is 2. The SMILES string of the molecule is CCS(=O)(=O)CCNC(=NC)N1CCSC(C)(C)C1.I. The van der Waals surface area contributed by atoms with Gasteiger partial charge in [0.25, 0.3) is 0 Å². The van der Waals surface area contributed by atoms with Crippen LogP contribution in [0.25, 0.3) is 0 Å². The first-order valence-electron chi connectivity index (χ1n) is 6.59. The summed E-state index contributed by atoms with van der Waals surface area (Å²) in [6.45, 7) is 8.42. The van der Waals surface area contributed by atoms with Crippen LogP contribution in [0.3, 0.4) is 0 Å². The lowest BCUT2D eigenvalue weighted by Gasteiger charge is -2.39. The topological polar surface area (TPSA) is 61.8 Å². The maximum atomic E-state index is 11.5. The Labute approximate surface area is 144 Å². The van der Waals surface area contributed by atoms with Crippen molar-refractivity contribution in [2.24, 2.45) is 4.99 Å². The van der Waals surface area contributed by atoms with Crippen LogP contribution in [0.15, 0.2) is 4.99 Å². The first-order chi connectivity index (χ1) is 8.79. The molecule has 0 saturated carbocycles. The largest absolute Gasteiger partial charge is 0.355 e. The predicted octanol–water partition coefficient (Wildman–Crippen LogP) is 1.44. The lowest BCUT2D eigenvalue weighted by molar-refractivity contribution is 0.377. The highest BCUT2D eigenvalue weighted by Gasteiger charge is 2.28. The molecule has 0 aromatic carbocycles. The van der Waals surface area contributed by atoms with Crippen molar-refractivity contribution in [2.45, 2.75) is 25.5 Å². The van der Waals surface area contributed by atoms with E-state index >= 15 is 0 Å². The molecule has 0 spiro atoms. The maximum absolute atomic E-state index is 11.5. The average Bonchev–Trinajstić information content (AvgIpc) is 2.33. The zero-order valence-corrected chi connectivity index (χ0v) is 16.6. The Morgan fingerprint density at radius 1 is 1.45 bits per heavy atom. The van der Waals surface area contributed by atoms with E-state index < -0.39 is 9.84 Å². The van der Waals surface area contributed by atoms with Crippen molar-refractivity contribution in [2.75, 3.05) is 43.9 Å². The van der Waals surface area contributed by atoms with Gasteiger partial charge in [0.05, 0.1) is 5.75 Å². The number of sulfone groups is 1. The van der Waals surface area contributed by atoms with Gasteiger partial charge < -0.3 is 10.2 Å². The summed E-state index contributed by atoms with van der Waals surface area (Å²) in [5.41, 5.74) is 0. The summed E-state index contributed by atoms with van der Waals surface area (Å²) in [6.07, 6.45) is 0. The van der Waals surface area contributed by atoms with Gasteiger partial charge in [-0.3, -0.25) is 4.99 Å². The van der Waals surface area contributed by atoms with Crippen LogP contribution in [0.1, 0.15) is 20.8 Å². The highest BCUT2D eigenvalue weighted by molar-refractivity contribution is 14.0. The van der Waals surface area contributed by atoms with Crippen molar-refractivity contribution >= 4 is 51.5 Å². The normalized spacial score (nSPS) is 19.4. The Balaban J connectivity index is 0.00000361. The van der Waals surface area contributed by atoms with Crippen LogP contribution in [0.4, 0.5) is 0 Å². The minimum absolute atomic E-state index is 0. The maximum Gasteiger partial charge on any atom is 0.193 e. The van der Waals surface area contributed by atoms with Crippen LogP contribution in [0.2, 0.25) is 0 Å². The molecule has 8 heteroatoms. The second-order valence-corrected chi connectivity index (χ2v) is 9.51. The molecule has 0 aromatic heterocycles. The third-order valence-electron chi connectivity index (χ3n) is 3.07. The van der Waals surface area contributed by atoms with Crippen molar-refractivity contribution < 1.29 is 8.42 Å². The number of guanidine groups is 1. The molecule has 1 aliphatic heterocycles. The van der Waals surface area contributed by atoms with E-state index in [2.05, 4.69) is 29.1 Å². The molecule has 1 aliphatic rings. The van der Waals surface area contributed by atoms with Gasteiger partial charge in [0.15, 0.2) is 15.8 Å². The van der Waals surface area contributed by atoms with Crippen LogP contribution in [-0.4, -0.2) is 68.0 Å². The molecular weight excluding hydrogens is 409 g/mol. The second-order valence-electron chi connectivity index (χ2n) is 5.24. The molecule has 0 radical (unpaired) electrons. The van der Waals surface area contributed by atoms with Gasteiger partial charge in [-0.25, -0.2) is 8.42 Å². The molecule has 0 aromatic rings. The monoisotopic (exact) mass is 435 g/mol. The van der Waals surface area contributed by atoms with Crippen molar-refractivity contribution in [3.8, 4) is 0 Å². The van der Waals surface area contributed by atoms with Gasteiger partial charge >= 0.3 is 0 Å². The van der Waals surface area contributed by atoms with Crippen LogP contribution < -0.4 is 5.32 Å². The Morgan fingerprint density at radius 2 is 2.10 bits per heavy atom. The zero-order valence-electron chi connectivity index (χ0n) is 12.7. The van der Waals surface area contributed by atoms with Crippen molar-refractivity contribution in [3.05, 3.63) is 0 Å². The zero-order chi connectivity index (χ0) is 14.5. The molecule has 20 heavy (non-hydrogen) atoms. The molecule has 1 heterocycles. The van der Waals surface area contributed by atoms with E-state index in [1.165, 1.54) is 0 Å². The molecule has 0 unspecified atom stereocenters. The van der Waals surface area contributed by atoms with Crippen molar-refractivity contribution in [1.29, 1.82) is 0 Å². The van der Waals surface area contributed by atoms with Crippen molar-refractivity contribution in [1.82, 2.24) is 10.2 Å². The lowest BCUT2D eigenvalue weighted by atomic mass is 10.2.